The standard InChI is InChI=1S/C13H24N4O2/c1-3-17-8-4-5-10(17)9-16(2)12(18)13(6-7-13)11(14)15-19/h10,19H,3-9H2,1-2H3,(H2,14,15). The molecule has 19 heavy (non-hydrogen) atoms. The van der Waals surface area contributed by atoms with Gasteiger partial charge in [0.2, 0.25) is 5.91 Å². The molecule has 2 aliphatic rings. The van der Waals surface area contributed by atoms with Crippen molar-refractivity contribution in [2.75, 3.05) is 26.7 Å². The second-order valence-corrected chi connectivity index (χ2v) is 5.68. The largest absolute Gasteiger partial charge is 0.409 e. The molecule has 1 aliphatic carbocycles. The van der Waals surface area contributed by atoms with E-state index < -0.39 is 5.41 Å². The van der Waals surface area contributed by atoms with Gasteiger partial charge < -0.3 is 15.8 Å². The maximum atomic E-state index is 12.4. The molecule has 1 saturated heterocycles. The van der Waals surface area contributed by atoms with Crippen LogP contribution in [0.15, 0.2) is 5.16 Å². The van der Waals surface area contributed by atoms with Crippen LogP contribution in [0.4, 0.5) is 0 Å². The zero-order valence-corrected chi connectivity index (χ0v) is 11.8. The van der Waals surface area contributed by atoms with Crippen LogP contribution in [-0.2, 0) is 4.79 Å². The summed E-state index contributed by atoms with van der Waals surface area (Å²) in [5, 5.41) is 11.8. The number of likely N-dealkylation sites (N-methyl/N-ethyl adjacent to an activating group) is 2. The smallest absolute Gasteiger partial charge is 0.236 e. The minimum atomic E-state index is -0.723. The number of amides is 1. The van der Waals surface area contributed by atoms with Crippen LogP contribution in [0.3, 0.4) is 0 Å². The van der Waals surface area contributed by atoms with Crippen LogP contribution < -0.4 is 5.73 Å². The molecule has 1 atom stereocenters. The lowest BCUT2D eigenvalue weighted by Crippen LogP contribution is -2.46. The summed E-state index contributed by atoms with van der Waals surface area (Å²) in [6.07, 6.45) is 3.72. The van der Waals surface area contributed by atoms with Gasteiger partial charge in [0, 0.05) is 19.6 Å². The summed E-state index contributed by atoms with van der Waals surface area (Å²) >= 11 is 0. The molecule has 0 bridgehead atoms. The van der Waals surface area contributed by atoms with E-state index in [1.807, 2.05) is 7.05 Å². The first-order valence-corrected chi connectivity index (χ1v) is 7.02. The Morgan fingerprint density at radius 3 is 2.79 bits per heavy atom. The molecule has 0 radical (unpaired) electrons. The molecule has 0 aromatic heterocycles. The Kier molecular flexibility index (Phi) is 3.99. The molecule has 6 nitrogen and oxygen atoms in total. The SMILES string of the molecule is CCN1CCCC1CN(C)C(=O)C1(C(N)=NO)CC1. The average molecular weight is 268 g/mol. The Labute approximate surface area is 114 Å². The summed E-state index contributed by atoms with van der Waals surface area (Å²) in [6, 6.07) is 0.446. The number of amidine groups is 1. The van der Waals surface area contributed by atoms with Crippen LogP contribution in [-0.4, -0.2) is 59.5 Å². The van der Waals surface area contributed by atoms with E-state index in [0.717, 1.165) is 26.1 Å². The Hall–Kier alpha value is -1.30. The molecule has 1 aliphatic heterocycles. The van der Waals surface area contributed by atoms with E-state index in [9.17, 15) is 4.79 Å². The third-order valence-corrected chi connectivity index (χ3v) is 4.49. The normalized spacial score (nSPS) is 26.4. The van der Waals surface area contributed by atoms with E-state index in [2.05, 4.69) is 17.0 Å². The maximum Gasteiger partial charge on any atom is 0.236 e. The summed E-state index contributed by atoms with van der Waals surface area (Å²) in [6.45, 7) is 5.03. The highest BCUT2D eigenvalue weighted by molar-refractivity contribution is 6.09. The molecule has 0 spiro atoms. The van der Waals surface area contributed by atoms with Crippen LogP contribution >= 0.6 is 0 Å². The zero-order chi connectivity index (χ0) is 14.0. The van der Waals surface area contributed by atoms with Gasteiger partial charge in [-0.2, -0.15) is 0 Å². The first-order chi connectivity index (χ1) is 9.05. The first kappa shape index (κ1) is 14.1. The van der Waals surface area contributed by atoms with Crippen molar-refractivity contribution < 1.29 is 10.0 Å². The van der Waals surface area contributed by atoms with Crippen molar-refractivity contribution in [2.45, 2.75) is 38.6 Å². The number of carbonyl (C=O) groups excluding carboxylic acids is 1. The van der Waals surface area contributed by atoms with Gasteiger partial charge in [0.15, 0.2) is 5.84 Å². The van der Waals surface area contributed by atoms with E-state index in [1.54, 1.807) is 4.90 Å². The van der Waals surface area contributed by atoms with Gasteiger partial charge in [0.05, 0.1) is 0 Å². The fourth-order valence-corrected chi connectivity index (χ4v) is 3.08. The number of rotatable bonds is 5. The van der Waals surface area contributed by atoms with Crippen molar-refractivity contribution >= 4 is 11.7 Å². The summed E-state index contributed by atoms with van der Waals surface area (Å²) in [4.78, 5) is 16.6. The van der Waals surface area contributed by atoms with E-state index in [0.29, 0.717) is 18.9 Å². The quantitative estimate of drug-likeness (QED) is 0.328. The number of hydrogen-bond acceptors (Lipinski definition) is 4. The molecule has 0 aromatic rings. The number of carbonyl (C=O) groups is 1. The van der Waals surface area contributed by atoms with Crippen molar-refractivity contribution in [3.05, 3.63) is 0 Å². The molecule has 0 aromatic carbocycles. The number of oxime groups is 1. The Bertz CT molecular complexity index is 379. The number of hydrogen-bond donors (Lipinski definition) is 2. The van der Waals surface area contributed by atoms with Gasteiger partial charge in [0.25, 0.3) is 0 Å². The summed E-state index contributed by atoms with van der Waals surface area (Å²) in [7, 11) is 1.82. The van der Waals surface area contributed by atoms with E-state index in [-0.39, 0.29) is 11.7 Å². The molecule has 1 saturated carbocycles. The fraction of sp³-hybridized carbons (Fsp3) is 0.846. The van der Waals surface area contributed by atoms with Crippen LogP contribution in [0.5, 0.6) is 0 Å². The predicted octanol–water partition coefficient (Wildman–Crippen LogP) is 0.456. The summed E-state index contributed by atoms with van der Waals surface area (Å²) in [5.74, 6) is 0.0499. The van der Waals surface area contributed by atoms with Crippen LogP contribution in [0.25, 0.3) is 0 Å². The van der Waals surface area contributed by atoms with Crippen molar-refractivity contribution in [1.29, 1.82) is 0 Å². The summed E-state index contributed by atoms with van der Waals surface area (Å²) in [5.41, 5.74) is 4.93. The van der Waals surface area contributed by atoms with E-state index in [4.69, 9.17) is 10.9 Å². The van der Waals surface area contributed by atoms with E-state index in [1.165, 1.54) is 6.42 Å². The van der Waals surface area contributed by atoms with E-state index >= 15 is 0 Å². The fourth-order valence-electron chi connectivity index (χ4n) is 3.08. The molecule has 3 N–H and O–H groups in total. The van der Waals surface area contributed by atoms with Gasteiger partial charge in [-0.05, 0) is 38.8 Å². The minimum absolute atomic E-state index is 0.00856. The van der Waals surface area contributed by atoms with Crippen LogP contribution in [0.2, 0.25) is 0 Å². The van der Waals surface area contributed by atoms with Crippen molar-refractivity contribution in [3.8, 4) is 0 Å². The topological polar surface area (TPSA) is 82.2 Å². The number of likely N-dealkylation sites (tertiary alicyclic amines) is 1. The van der Waals surface area contributed by atoms with Gasteiger partial charge >= 0.3 is 0 Å². The molecule has 108 valence electrons. The minimum Gasteiger partial charge on any atom is -0.409 e. The molecule has 1 heterocycles. The van der Waals surface area contributed by atoms with Crippen molar-refractivity contribution in [3.63, 3.8) is 0 Å². The maximum absolute atomic E-state index is 12.4. The van der Waals surface area contributed by atoms with Gasteiger partial charge in [-0.25, -0.2) is 0 Å². The highest BCUT2D eigenvalue weighted by Gasteiger charge is 2.55. The third kappa shape index (κ3) is 2.54. The monoisotopic (exact) mass is 268 g/mol. The second-order valence-electron chi connectivity index (χ2n) is 5.68. The molecular formula is C13H24N4O2. The van der Waals surface area contributed by atoms with Gasteiger partial charge in [0.1, 0.15) is 5.41 Å². The lowest BCUT2D eigenvalue weighted by atomic mass is 10.0. The number of nitrogens with two attached hydrogens (primary N) is 1. The Balaban J connectivity index is 1.97. The second kappa shape index (κ2) is 5.36. The van der Waals surface area contributed by atoms with Gasteiger partial charge in [-0.3, -0.25) is 9.69 Å². The molecule has 1 unspecified atom stereocenters. The molecular weight excluding hydrogens is 244 g/mol. The highest BCUT2D eigenvalue weighted by Crippen LogP contribution is 2.47. The molecule has 1 amide bonds. The van der Waals surface area contributed by atoms with Gasteiger partial charge in [-0.1, -0.05) is 12.1 Å². The Morgan fingerprint density at radius 1 is 1.58 bits per heavy atom. The summed E-state index contributed by atoms with van der Waals surface area (Å²) < 4.78 is 0. The Morgan fingerprint density at radius 2 is 2.26 bits per heavy atom. The van der Waals surface area contributed by atoms with Crippen molar-refractivity contribution in [1.82, 2.24) is 9.80 Å². The predicted molar refractivity (Wildman–Crippen MR) is 73.0 cm³/mol. The first-order valence-electron chi connectivity index (χ1n) is 7.02. The van der Waals surface area contributed by atoms with Crippen LogP contribution in [0, 0.1) is 5.41 Å². The van der Waals surface area contributed by atoms with Gasteiger partial charge in [-0.15, -0.1) is 0 Å². The lowest BCUT2D eigenvalue weighted by molar-refractivity contribution is -0.133. The molecule has 2 rings (SSSR count). The average Bonchev–Trinajstić information content (AvgIpc) is 3.11. The zero-order valence-electron chi connectivity index (χ0n) is 11.8. The number of nitrogens with zero attached hydrogens (tertiary/aromatic N) is 3. The molecule has 6 heteroatoms. The lowest BCUT2D eigenvalue weighted by Gasteiger charge is -2.29. The third-order valence-electron chi connectivity index (χ3n) is 4.49. The van der Waals surface area contributed by atoms with Crippen molar-refractivity contribution in [2.24, 2.45) is 16.3 Å². The van der Waals surface area contributed by atoms with Crippen LogP contribution in [0.1, 0.15) is 32.6 Å². The highest BCUT2D eigenvalue weighted by atomic mass is 16.4. The molecule has 2 fully saturated rings.